The van der Waals surface area contributed by atoms with Crippen molar-refractivity contribution in [3.8, 4) is 0 Å². The number of rotatable bonds is 8. The number of nitrogens with zero attached hydrogens (tertiary/aromatic N) is 2. The minimum absolute atomic E-state index is 0.0472. The lowest BCUT2D eigenvalue weighted by Gasteiger charge is -2.26. The van der Waals surface area contributed by atoms with Gasteiger partial charge in [-0.25, -0.2) is 12.8 Å². The molecule has 0 saturated carbocycles. The zero-order valence-electron chi connectivity index (χ0n) is 19.1. The van der Waals surface area contributed by atoms with Crippen LogP contribution in [0.2, 0.25) is 0 Å². The Bertz CT molecular complexity index is 1010. The second-order valence-corrected chi connectivity index (χ2v) is 10.7. The van der Waals surface area contributed by atoms with Gasteiger partial charge in [0.15, 0.2) is 0 Å². The number of benzene rings is 2. The molecule has 6 nitrogen and oxygen atoms in total. The van der Waals surface area contributed by atoms with Crippen molar-refractivity contribution in [1.82, 2.24) is 4.31 Å². The molecule has 8 heteroatoms. The maximum absolute atomic E-state index is 13.3. The molecule has 0 fully saturated rings. The van der Waals surface area contributed by atoms with Crippen LogP contribution < -0.4 is 10.2 Å². The molecule has 0 atom stereocenters. The molecule has 1 amide bonds. The summed E-state index contributed by atoms with van der Waals surface area (Å²) in [4.78, 5) is 14.4. The van der Waals surface area contributed by atoms with Crippen LogP contribution in [0, 0.1) is 11.2 Å². The molecule has 0 radical (unpaired) electrons. The van der Waals surface area contributed by atoms with Crippen molar-refractivity contribution in [2.45, 2.75) is 45.6 Å². The number of hydrogen-bond donors (Lipinski definition) is 1. The van der Waals surface area contributed by atoms with Crippen LogP contribution in [0.25, 0.3) is 0 Å². The van der Waals surface area contributed by atoms with Gasteiger partial charge in [0.2, 0.25) is 15.9 Å². The molecular formula is C23H32FN3O3S. The van der Waals surface area contributed by atoms with Crippen molar-refractivity contribution >= 4 is 27.3 Å². The Morgan fingerprint density at radius 2 is 1.68 bits per heavy atom. The summed E-state index contributed by atoms with van der Waals surface area (Å²) in [6.07, 6.45) is 0.623. The summed E-state index contributed by atoms with van der Waals surface area (Å²) in [7, 11) is -0.0593. The molecule has 0 aromatic heterocycles. The molecule has 0 bridgehead atoms. The van der Waals surface area contributed by atoms with Gasteiger partial charge in [0, 0.05) is 44.0 Å². The minimum atomic E-state index is -3.82. The van der Waals surface area contributed by atoms with E-state index in [-0.39, 0.29) is 17.3 Å². The van der Waals surface area contributed by atoms with E-state index in [0.717, 1.165) is 23.4 Å². The van der Waals surface area contributed by atoms with Gasteiger partial charge in [0.1, 0.15) is 5.82 Å². The molecule has 0 spiro atoms. The van der Waals surface area contributed by atoms with Gasteiger partial charge in [-0.1, -0.05) is 27.7 Å². The third kappa shape index (κ3) is 6.27. The highest BCUT2D eigenvalue weighted by molar-refractivity contribution is 7.89. The van der Waals surface area contributed by atoms with E-state index in [1.54, 1.807) is 6.07 Å². The third-order valence-electron chi connectivity index (χ3n) is 4.77. The average Bonchev–Trinajstić information content (AvgIpc) is 2.67. The number of halogens is 1. The second-order valence-electron chi connectivity index (χ2n) is 8.73. The Morgan fingerprint density at radius 1 is 1.06 bits per heavy atom. The molecule has 170 valence electrons. The minimum Gasteiger partial charge on any atom is -0.377 e. The topological polar surface area (TPSA) is 69.7 Å². The summed E-state index contributed by atoms with van der Waals surface area (Å²) in [5.41, 5.74) is 1.66. The van der Waals surface area contributed by atoms with Crippen LogP contribution in [-0.4, -0.2) is 39.3 Å². The number of carbonyl (C=O) groups is 1. The summed E-state index contributed by atoms with van der Waals surface area (Å²) >= 11 is 0. The van der Waals surface area contributed by atoms with Crippen LogP contribution >= 0.6 is 0 Å². The molecule has 0 unspecified atom stereocenters. The summed E-state index contributed by atoms with van der Waals surface area (Å²) in [6, 6.07) is 10.3. The van der Waals surface area contributed by atoms with Gasteiger partial charge in [-0.15, -0.1) is 0 Å². The number of sulfonamides is 1. The lowest BCUT2D eigenvalue weighted by molar-refractivity contribution is -0.123. The van der Waals surface area contributed by atoms with E-state index in [1.165, 1.54) is 16.4 Å². The Labute approximate surface area is 185 Å². The second kappa shape index (κ2) is 9.78. The van der Waals surface area contributed by atoms with Gasteiger partial charge in [0.25, 0.3) is 0 Å². The average molecular weight is 450 g/mol. The Kier molecular flexibility index (Phi) is 7.83. The van der Waals surface area contributed by atoms with E-state index in [4.69, 9.17) is 0 Å². The molecule has 2 aromatic rings. The smallest absolute Gasteiger partial charge is 0.243 e. The van der Waals surface area contributed by atoms with Gasteiger partial charge in [-0.3, -0.25) is 4.79 Å². The van der Waals surface area contributed by atoms with E-state index < -0.39 is 21.3 Å². The molecule has 2 rings (SSSR count). The maximum atomic E-state index is 13.3. The third-order valence-corrected chi connectivity index (χ3v) is 6.63. The highest BCUT2D eigenvalue weighted by atomic mass is 32.2. The fraction of sp³-hybridized carbons (Fsp3) is 0.435. The molecule has 0 aliphatic carbocycles. The van der Waals surface area contributed by atoms with E-state index >= 15 is 0 Å². The highest BCUT2D eigenvalue weighted by Crippen LogP contribution is 2.28. The summed E-state index contributed by atoms with van der Waals surface area (Å²) in [5.74, 6) is -0.612. The predicted molar refractivity (Wildman–Crippen MR) is 123 cm³/mol. The molecule has 2 aromatic carbocycles. The first kappa shape index (κ1) is 24.8. The van der Waals surface area contributed by atoms with E-state index in [0.29, 0.717) is 18.7 Å². The quantitative estimate of drug-likeness (QED) is 0.645. The molecule has 0 aliphatic rings. The van der Waals surface area contributed by atoms with Gasteiger partial charge in [-0.2, -0.15) is 4.31 Å². The normalized spacial score (nSPS) is 12.1. The van der Waals surface area contributed by atoms with Gasteiger partial charge < -0.3 is 10.2 Å². The van der Waals surface area contributed by atoms with Gasteiger partial charge in [0.05, 0.1) is 4.90 Å². The summed E-state index contributed by atoms with van der Waals surface area (Å²) in [6.45, 7) is 7.83. The van der Waals surface area contributed by atoms with Crippen LogP contribution in [0.5, 0.6) is 0 Å². The Balaban J connectivity index is 2.44. The number of nitrogens with one attached hydrogen (secondary N) is 1. The monoisotopic (exact) mass is 449 g/mol. The Hall–Kier alpha value is -2.45. The fourth-order valence-electron chi connectivity index (χ4n) is 3.02. The number of anilines is 2. The molecule has 0 saturated heterocycles. The van der Waals surface area contributed by atoms with Crippen LogP contribution in [0.15, 0.2) is 47.4 Å². The van der Waals surface area contributed by atoms with E-state index in [2.05, 4.69) is 5.32 Å². The fourth-order valence-corrected chi connectivity index (χ4v) is 4.53. The SMILES string of the molecule is CCCN(Cc1cc(NC(=O)C(C)(C)C)ccc1N(C)C)S(=O)(=O)c1ccc(F)cc1. The zero-order chi connectivity index (χ0) is 23.4. The molecule has 1 N–H and O–H groups in total. The van der Waals surface area contributed by atoms with Crippen LogP contribution in [-0.2, 0) is 21.4 Å². The number of amides is 1. The molecular weight excluding hydrogens is 417 g/mol. The van der Waals surface area contributed by atoms with E-state index in [1.807, 2.05) is 58.8 Å². The zero-order valence-corrected chi connectivity index (χ0v) is 19.9. The lowest BCUT2D eigenvalue weighted by atomic mass is 9.95. The van der Waals surface area contributed by atoms with E-state index in [9.17, 15) is 17.6 Å². The van der Waals surface area contributed by atoms with Gasteiger partial charge >= 0.3 is 0 Å². The highest BCUT2D eigenvalue weighted by Gasteiger charge is 2.26. The van der Waals surface area contributed by atoms with Crippen molar-refractivity contribution in [2.24, 2.45) is 5.41 Å². The number of carbonyl (C=O) groups excluding carboxylic acids is 1. The lowest BCUT2D eigenvalue weighted by Crippen LogP contribution is -2.32. The predicted octanol–water partition coefficient (Wildman–Crippen LogP) is 4.48. The standard InChI is InChI=1S/C23H32FN3O3S/c1-7-14-27(31(29,30)20-11-8-18(24)9-12-20)16-17-15-19(10-13-21(17)26(5)6)25-22(28)23(2,3)4/h8-13,15H,7,14,16H2,1-6H3,(H,25,28). The van der Waals surface area contributed by atoms with Crippen LogP contribution in [0.4, 0.5) is 15.8 Å². The maximum Gasteiger partial charge on any atom is 0.243 e. The first-order valence-electron chi connectivity index (χ1n) is 10.2. The molecule has 0 heterocycles. The largest absolute Gasteiger partial charge is 0.377 e. The molecule has 0 aliphatic heterocycles. The molecule has 31 heavy (non-hydrogen) atoms. The first-order valence-corrected chi connectivity index (χ1v) is 11.7. The van der Waals surface area contributed by atoms with Crippen molar-refractivity contribution in [1.29, 1.82) is 0 Å². The van der Waals surface area contributed by atoms with Crippen LogP contribution in [0.1, 0.15) is 39.7 Å². The van der Waals surface area contributed by atoms with Crippen LogP contribution in [0.3, 0.4) is 0 Å². The summed E-state index contributed by atoms with van der Waals surface area (Å²) < 4.78 is 41.2. The van der Waals surface area contributed by atoms with Gasteiger partial charge in [-0.05, 0) is 54.4 Å². The van der Waals surface area contributed by atoms with Crippen molar-refractivity contribution in [3.05, 3.63) is 53.8 Å². The van der Waals surface area contributed by atoms with Crippen molar-refractivity contribution in [2.75, 3.05) is 30.9 Å². The van der Waals surface area contributed by atoms with Crippen molar-refractivity contribution in [3.63, 3.8) is 0 Å². The first-order chi connectivity index (χ1) is 14.4. The number of hydrogen-bond acceptors (Lipinski definition) is 4. The summed E-state index contributed by atoms with van der Waals surface area (Å²) in [5, 5.41) is 2.90. The van der Waals surface area contributed by atoms with Crippen molar-refractivity contribution < 1.29 is 17.6 Å². The Morgan fingerprint density at radius 3 is 2.19 bits per heavy atom.